The smallest absolute Gasteiger partial charge is 0.404 e. The highest BCUT2D eigenvalue weighted by Crippen LogP contribution is 2.35. The highest BCUT2D eigenvalue weighted by atomic mass is 16.7. The Balaban J connectivity index is 1.96. The Morgan fingerprint density at radius 2 is 2.00 bits per heavy atom. The Morgan fingerprint density at radius 3 is 2.67 bits per heavy atom. The number of para-hydroxylation sites is 1. The lowest BCUT2D eigenvalue weighted by Gasteiger charge is -2.47. The number of rotatable bonds is 4. The van der Waals surface area contributed by atoms with Crippen LogP contribution in [0, 0.1) is 0 Å². The summed E-state index contributed by atoms with van der Waals surface area (Å²) in [6, 6.07) is 7.90. The van der Waals surface area contributed by atoms with E-state index in [4.69, 9.17) is 29.1 Å². The van der Waals surface area contributed by atoms with E-state index < -0.39 is 41.9 Å². The molecular weight excluding hydrogens is 358 g/mol. The van der Waals surface area contributed by atoms with Crippen molar-refractivity contribution in [1.82, 2.24) is 0 Å². The predicted molar refractivity (Wildman–Crippen MR) is 93.3 cm³/mol. The molecule has 4 atom stereocenters. The zero-order valence-corrected chi connectivity index (χ0v) is 15.1. The lowest BCUT2D eigenvalue weighted by Crippen LogP contribution is -2.65. The Hall–Kier alpha value is -2.62. The van der Waals surface area contributed by atoms with Gasteiger partial charge in [0, 0.05) is 18.6 Å². The van der Waals surface area contributed by atoms with E-state index in [0.717, 1.165) is 0 Å². The van der Waals surface area contributed by atoms with Crippen LogP contribution in [-0.4, -0.2) is 48.5 Å². The predicted octanol–water partition coefficient (Wildman–Crippen LogP) is 1.15. The summed E-state index contributed by atoms with van der Waals surface area (Å²) < 4.78 is 27.2. The SMILES string of the molecule is CO[C@@H]1[C@H](OC(N)=O)[C@H](O)C(Oc2cccc3ccc(=O)oc23)OC1(C)C. The number of carbonyl (C=O) groups is 1. The van der Waals surface area contributed by atoms with Crippen LogP contribution in [-0.2, 0) is 14.2 Å². The topological polar surface area (TPSA) is 130 Å². The molecule has 1 aliphatic heterocycles. The number of hydrogen-bond acceptors (Lipinski definition) is 8. The molecule has 1 aromatic carbocycles. The van der Waals surface area contributed by atoms with Crippen LogP contribution in [0.25, 0.3) is 11.0 Å². The minimum absolute atomic E-state index is 0.193. The molecule has 2 aromatic rings. The molecule has 0 saturated carbocycles. The molecule has 1 fully saturated rings. The fraction of sp³-hybridized carbons (Fsp3) is 0.444. The average molecular weight is 379 g/mol. The molecule has 9 heteroatoms. The normalized spacial score (nSPS) is 27.3. The van der Waals surface area contributed by atoms with Crippen LogP contribution in [0.5, 0.6) is 5.75 Å². The molecule has 1 aromatic heterocycles. The third kappa shape index (κ3) is 3.75. The van der Waals surface area contributed by atoms with E-state index in [1.807, 2.05) is 0 Å². The van der Waals surface area contributed by atoms with E-state index >= 15 is 0 Å². The number of hydrogen-bond donors (Lipinski definition) is 2. The van der Waals surface area contributed by atoms with Gasteiger partial charge in [-0.1, -0.05) is 12.1 Å². The van der Waals surface area contributed by atoms with Gasteiger partial charge >= 0.3 is 11.7 Å². The maximum Gasteiger partial charge on any atom is 0.404 e. The summed E-state index contributed by atoms with van der Waals surface area (Å²) in [4.78, 5) is 22.8. The Kier molecular flexibility index (Phi) is 5.09. The second kappa shape index (κ2) is 7.18. The van der Waals surface area contributed by atoms with E-state index in [0.29, 0.717) is 5.39 Å². The molecule has 0 bridgehead atoms. The lowest BCUT2D eigenvalue weighted by atomic mass is 9.89. The molecule has 0 radical (unpaired) electrons. The molecule has 146 valence electrons. The number of amides is 1. The Labute approximate surface area is 154 Å². The second-order valence-corrected chi connectivity index (χ2v) is 6.68. The van der Waals surface area contributed by atoms with Gasteiger partial charge in [-0.3, -0.25) is 0 Å². The minimum atomic E-state index is -1.40. The number of benzene rings is 1. The van der Waals surface area contributed by atoms with Crippen LogP contribution in [0.4, 0.5) is 4.79 Å². The monoisotopic (exact) mass is 379 g/mol. The molecule has 27 heavy (non-hydrogen) atoms. The third-order valence-corrected chi connectivity index (χ3v) is 4.38. The molecule has 3 N–H and O–H groups in total. The van der Waals surface area contributed by atoms with E-state index in [2.05, 4.69) is 0 Å². The minimum Gasteiger partial charge on any atom is -0.458 e. The van der Waals surface area contributed by atoms with Crippen LogP contribution in [0.2, 0.25) is 0 Å². The first kappa shape index (κ1) is 19.2. The number of carbonyl (C=O) groups excluding carboxylic acids is 1. The van der Waals surface area contributed by atoms with Crippen molar-refractivity contribution in [2.24, 2.45) is 5.73 Å². The van der Waals surface area contributed by atoms with Crippen molar-refractivity contribution in [3.63, 3.8) is 0 Å². The number of aliphatic hydroxyl groups excluding tert-OH is 1. The molecule has 9 nitrogen and oxygen atoms in total. The first-order chi connectivity index (χ1) is 12.7. The van der Waals surface area contributed by atoms with Crippen molar-refractivity contribution in [1.29, 1.82) is 0 Å². The van der Waals surface area contributed by atoms with Gasteiger partial charge in [-0.05, 0) is 26.0 Å². The van der Waals surface area contributed by atoms with Crippen molar-refractivity contribution in [2.75, 3.05) is 7.11 Å². The molecule has 1 aliphatic rings. The summed E-state index contributed by atoms with van der Waals surface area (Å²) in [7, 11) is 1.40. The van der Waals surface area contributed by atoms with Gasteiger partial charge in [0.2, 0.25) is 6.29 Å². The first-order valence-corrected chi connectivity index (χ1v) is 8.27. The van der Waals surface area contributed by atoms with Gasteiger partial charge in [0.15, 0.2) is 23.5 Å². The number of methoxy groups -OCH3 is 1. The van der Waals surface area contributed by atoms with Crippen molar-refractivity contribution < 1.29 is 33.3 Å². The zero-order chi connectivity index (χ0) is 19.8. The van der Waals surface area contributed by atoms with Gasteiger partial charge < -0.3 is 34.2 Å². The Bertz CT molecular complexity index is 892. The van der Waals surface area contributed by atoms with Crippen molar-refractivity contribution in [3.05, 3.63) is 40.8 Å². The van der Waals surface area contributed by atoms with Crippen LogP contribution in [0.1, 0.15) is 13.8 Å². The Morgan fingerprint density at radius 1 is 1.26 bits per heavy atom. The largest absolute Gasteiger partial charge is 0.458 e. The van der Waals surface area contributed by atoms with Gasteiger partial charge in [0.05, 0.1) is 5.60 Å². The molecular formula is C18H21NO8. The highest BCUT2D eigenvalue weighted by Gasteiger charge is 2.53. The van der Waals surface area contributed by atoms with Crippen LogP contribution < -0.4 is 16.1 Å². The summed E-state index contributed by atoms with van der Waals surface area (Å²) in [5.41, 5.74) is 3.80. The standard InChI is InChI=1S/C18H21NO8/c1-18(2)15(23-3)14(26-17(19)22)12(21)16(27-18)24-10-6-4-5-9-7-8-11(20)25-13(9)10/h4-8,12,14-16,21H,1-3H3,(H2,19,22)/t12-,14+,15+,16?/m0/s1. The quantitative estimate of drug-likeness (QED) is 0.757. The van der Waals surface area contributed by atoms with Crippen molar-refractivity contribution in [2.45, 2.75) is 44.1 Å². The highest BCUT2D eigenvalue weighted by molar-refractivity contribution is 5.82. The van der Waals surface area contributed by atoms with Crippen LogP contribution >= 0.6 is 0 Å². The number of primary amides is 1. The molecule has 1 unspecified atom stereocenters. The summed E-state index contributed by atoms with van der Waals surface area (Å²) >= 11 is 0. The van der Waals surface area contributed by atoms with Crippen molar-refractivity contribution >= 4 is 17.1 Å². The number of nitrogens with two attached hydrogens (primary N) is 1. The van der Waals surface area contributed by atoms with Gasteiger partial charge in [-0.25, -0.2) is 9.59 Å². The zero-order valence-electron chi connectivity index (χ0n) is 15.1. The molecule has 2 heterocycles. The van der Waals surface area contributed by atoms with E-state index in [-0.39, 0.29) is 11.3 Å². The number of ether oxygens (including phenoxy) is 4. The molecule has 0 spiro atoms. The summed E-state index contributed by atoms with van der Waals surface area (Å²) in [6.45, 7) is 3.40. The lowest BCUT2D eigenvalue weighted by molar-refractivity contribution is -0.304. The summed E-state index contributed by atoms with van der Waals surface area (Å²) in [6.07, 6.45) is -5.60. The van der Waals surface area contributed by atoms with Gasteiger partial charge in [0.25, 0.3) is 0 Å². The van der Waals surface area contributed by atoms with Gasteiger partial charge in [-0.2, -0.15) is 0 Å². The number of aliphatic hydroxyl groups is 1. The van der Waals surface area contributed by atoms with E-state index in [1.54, 1.807) is 38.1 Å². The summed E-state index contributed by atoms with van der Waals surface area (Å²) in [5, 5.41) is 11.3. The maximum absolute atomic E-state index is 11.6. The van der Waals surface area contributed by atoms with Crippen molar-refractivity contribution in [3.8, 4) is 5.75 Å². The average Bonchev–Trinajstić information content (AvgIpc) is 2.59. The first-order valence-electron chi connectivity index (χ1n) is 8.27. The maximum atomic E-state index is 11.6. The van der Waals surface area contributed by atoms with Crippen LogP contribution in [0.15, 0.2) is 39.5 Å². The third-order valence-electron chi connectivity index (χ3n) is 4.38. The van der Waals surface area contributed by atoms with Crippen LogP contribution in [0.3, 0.4) is 0 Å². The second-order valence-electron chi connectivity index (χ2n) is 6.68. The molecule has 1 amide bonds. The molecule has 0 aliphatic carbocycles. The van der Waals surface area contributed by atoms with E-state index in [9.17, 15) is 14.7 Å². The fourth-order valence-electron chi connectivity index (χ4n) is 3.23. The molecule has 3 rings (SSSR count). The fourth-order valence-corrected chi connectivity index (χ4v) is 3.23. The van der Waals surface area contributed by atoms with Gasteiger partial charge in [-0.15, -0.1) is 0 Å². The van der Waals surface area contributed by atoms with E-state index in [1.165, 1.54) is 13.2 Å². The molecule has 1 saturated heterocycles. The van der Waals surface area contributed by atoms with Gasteiger partial charge in [0.1, 0.15) is 6.10 Å². The number of fused-ring (bicyclic) bond motifs is 1. The summed E-state index contributed by atoms with van der Waals surface area (Å²) in [5.74, 6) is 0.193.